The van der Waals surface area contributed by atoms with E-state index in [2.05, 4.69) is 14.8 Å². The van der Waals surface area contributed by atoms with E-state index < -0.39 is 27.9 Å². The highest BCUT2D eigenvalue weighted by molar-refractivity contribution is 7.89. The third kappa shape index (κ3) is 5.65. The van der Waals surface area contributed by atoms with Crippen molar-refractivity contribution in [1.82, 2.24) is 10.0 Å². The van der Waals surface area contributed by atoms with Crippen molar-refractivity contribution in [3.63, 3.8) is 0 Å². The maximum absolute atomic E-state index is 12.4. The van der Waals surface area contributed by atoms with Crippen LogP contribution in [0.4, 0.5) is 0 Å². The van der Waals surface area contributed by atoms with Gasteiger partial charge in [0.1, 0.15) is 12.6 Å². The minimum absolute atomic E-state index is 0.0783. The predicted molar refractivity (Wildman–Crippen MR) is 85.2 cm³/mol. The molecule has 1 atom stereocenters. The molecule has 23 heavy (non-hydrogen) atoms. The second kappa shape index (κ2) is 8.07. The molecule has 1 aromatic rings. The molecule has 0 aliphatic rings. The summed E-state index contributed by atoms with van der Waals surface area (Å²) in [7, 11) is -2.63. The average Bonchev–Trinajstić information content (AvgIpc) is 2.50. The van der Waals surface area contributed by atoms with Crippen molar-refractivity contribution in [2.75, 3.05) is 13.7 Å². The summed E-state index contributed by atoms with van der Waals surface area (Å²) >= 11 is 0. The number of esters is 1. The lowest BCUT2D eigenvalue weighted by molar-refractivity contribution is -0.141. The van der Waals surface area contributed by atoms with Crippen LogP contribution in [-0.4, -0.2) is 40.0 Å². The van der Waals surface area contributed by atoms with Crippen LogP contribution in [0.15, 0.2) is 29.2 Å². The van der Waals surface area contributed by atoms with E-state index in [9.17, 15) is 18.0 Å². The molecular weight excluding hydrogens is 320 g/mol. The fraction of sp³-hybridized carbons (Fsp3) is 0.467. The summed E-state index contributed by atoms with van der Waals surface area (Å²) in [5.74, 6) is -1.49. The molecule has 128 valence electrons. The molecule has 0 aliphatic heterocycles. The van der Waals surface area contributed by atoms with Crippen LogP contribution in [0.1, 0.15) is 19.4 Å². The topological polar surface area (TPSA) is 102 Å². The van der Waals surface area contributed by atoms with Crippen LogP contribution in [-0.2, 0) is 24.3 Å². The minimum atomic E-state index is -3.84. The van der Waals surface area contributed by atoms with Crippen molar-refractivity contribution in [3.8, 4) is 0 Å². The SMILES string of the molecule is COC(=O)CNC(=O)[C@@H](NS(=O)(=O)c1ccc(C)cc1)C(C)C. The molecule has 1 amide bonds. The first-order valence-corrected chi connectivity index (χ1v) is 8.59. The molecule has 0 aromatic heterocycles. The molecular formula is C15H22N2O5S. The third-order valence-corrected chi connectivity index (χ3v) is 4.65. The van der Waals surface area contributed by atoms with Gasteiger partial charge in [-0.1, -0.05) is 31.5 Å². The van der Waals surface area contributed by atoms with E-state index in [4.69, 9.17) is 0 Å². The predicted octanol–water partition coefficient (Wildman–Crippen LogP) is 0.587. The number of amides is 1. The summed E-state index contributed by atoms with van der Waals surface area (Å²) in [6.45, 7) is 4.95. The second-order valence-electron chi connectivity index (χ2n) is 5.45. The summed E-state index contributed by atoms with van der Waals surface area (Å²) in [6, 6.07) is 5.31. The Morgan fingerprint density at radius 1 is 1.17 bits per heavy atom. The van der Waals surface area contributed by atoms with Crippen LogP contribution in [0.5, 0.6) is 0 Å². The number of sulfonamides is 1. The Hall–Kier alpha value is -1.93. The van der Waals surface area contributed by atoms with Gasteiger partial charge in [0.15, 0.2) is 0 Å². The Bertz CT molecular complexity index is 653. The Kier molecular flexibility index (Phi) is 6.71. The van der Waals surface area contributed by atoms with Gasteiger partial charge in [-0.3, -0.25) is 9.59 Å². The zero-order valence-electron chi connectivity index (χ0n) is 13.6. The van der Waals surface area contributed by atoms with Crippen molar-refractivity contribution >= 4 is 21.9 Å². The van der Waals surface area contributed by atoms with Crippen molar-refractivity contribution in [1.29, 1.82) is 0 Å². The molecule has 0 fully saturated rings. The molecule has 0 spiro atoms. The molecule has 0 unspecified atom stereocenters. The van der Waals surface area contributed by atoms with E-state index in [1.807, 2.05) is 6.92 Å². The van der Waals surface area contributed by atoms with Gasteiger partial charge < -0.3 is 10.1 Å². The van der Waals surface area contributed by atoms with E-state index in [1.54, 1.807) is 26.0 Å². The molecule has 7 nitrogen and oxygen atoms in total. The summed E-state index contributed by atoms with van der Waals surface area (Å²) in [5, 5.41) is 2.36. The molecule has 1 rings (SSSR count). The van der Waals surface area contributed by atoms with Crippen molar-refractivity contribution in [2.24, 2.45) is 5.92 Å². The Morgan fingerprint density at radius 2 is 1.74 bits per heavy atom. The fourth-order valence-corrected chi connectivity index (χ4v) is 3.13. The number of rotatable bonds is 7. The quantitative estimate of drug-likeness (QED) is 0.706. The van der Waals surface area contributed by atoms with Crippen LogP contribution in [0.2, 0.25) is 0 Å². The maximum atomic E-state index is 12.4. The van der Waals surface area contributed by atoms with Gasteiger partial charge >= 0.3 is 5.97 Å². The van der Waals surface area contributed by atoms with Gasteiger partial charge in [0, 0.05) is 0 Å². The van der Waals surface area contributed by atoms with Crippen LogP contribution >= 0.6 is 0 Å². The number of hydrogen-bond donors (Lipinski definition) is 2. The Morgan fingerprint density at radius 3 is 2.22 bits per heavy atom. The number of carbonyl (C=O) groups is 2. The normalized spacial score (nSPS) is 12.7. The van der Waals surface area contributed by atoms with Gasteiger partial charge in [-0.15, -0.1) is 0 Å². The molecule has 0 heterocycles. The lowest BCUT2D eigenvalue weighted by Crippen LogP contribution is -2.50. The Labute approximate surface area is 136 Å². The van der Waals surface area contributed by atoms with Gasteiger partial charge in [-0.25, -0.2) is 8.42 Å². The highest BCUT2D eigenvalue weighted by Crippen LogP contribution is 2.13. The van der Waals surface area contributed by atoms with Gasteiger partial charge in [0.05, 0.1) is 12.0 Å². The number of ether oxygens (including phenoxy) is 1. The first-order chi connectivity index (χ1) is 10.7. The van der Waals surface area contributed by atoms with E-state index in [0.29, 0.717) is 0 Å². The van der Waals surface area contributed by atoms with E-state index in [1.165, 1.54) is 19.2 Å². The van der Waals surface area contributed by atoms with Crippen molar-refractivity contribution in [2.45, 2.75) is 31.7 Å². The molecule has 0 saturated heterocycles. The largest absolute Gasteiger partial charge is 0.468 e. The van der Waals surface area contributed by atoms with E-state index >= 15 is 0 Å². The summed E-state index contributed by atoms with van der Waals surface area (Å²) in [6.07, 6.45) is 0. The molecule has 0 bridgehead atoms. The second-order valence-corrected chi connectivity index (χ2v) is 7.16. The number of carbonyl (C=O) groups excluding carboxylic acids is 2. The summed E-state index contributed by atoms with van der Waals surface area (Å²) < 4.78 is 31.6. The highest BCUT2D eigenvalue weighted by atomic mass is 32.2. The van der Waals surface area contributed by atoms with E-state index in [0.717, 1.165) is 5.56 Å². The first kappa shape index (κ1) is 19.1. The van der Waals surface area contributed by atoms with Crippen LogP contribution in [0, 0.1) is 12.8 Å². The van der Waals surface area contributed by atoms with Crippen molar-refractivity contribution in [3.05, 3.63) is 29.8 Å². The van der Waals surface area contributed by atoms with Gasteiger partial charge in [-0.2, -0.15) is 4.72 Å². The molecule has 0 saturated carbocycles. The number of hydrogen-bond acceptors (Lipinski definition) is 5. The number of methoxy groups -OCH3 is 1. The van der Waals surface area contributed by atoms with Crippen LogP contribution in [0.25, 0.3) is 0 Å². The zero-order chi connectivity index (χ0) is 17.6. The van der Waals surface area contributed by atoms with Gasteiger partial charge in [0.25, 0.3) is 0 Å². The summed E-state index contributed by atoms with van der Waals surface area (Å²) in [4.78, 5) is 23.3. The highest BCUT2D eigenvalue weighted by Gasteiger charge is 2.28. The number of benzene rings is 1. The maximum Gasteiger partial charge on any atom is 0.325 e. The zero-order valence-corrected chi connectivity index (χ0v) is 14.4. The summed E-state index contributed by atoms with van der Waals surface area (Å²) in [5.41, 5.74) is 0.931. The molecule has 0 aliphatic carbocycles. The third-order valence-electron chi connectivity index (χ3n) is 3.20. The van der Waals surface area contributed by atoms with Crippen LogP contribution < -0.4 is 10.0 Å². The van der Waals surface area contributed by atoms with Crippen molar-refractivity contribution < 1.29 is 22.7 Å². The lowest BCUT2D eigenvalue weighted by atomic mass is 10.1. The molecule has 8 heteroatoms. The van der Waals surface area contributed by atoms with Gasteiger partial charge in [0.2, 0.25) is 15.9 Å². The smallest absolute Gasteiger partial charge is 0.325 e. The number of nitrogens with one attached hydrogen (secondary N) is 2. The minimum Gasteiger partial charge on any atom is -0.468 e. The number of aryl methyl sites for hydroxylation is 1. The Balaban J connectivity index is 2.88. The van der Waals surface area contributed by atoms with E-state index in [-0.39, 0.29) is 17.4 Å². The standard InChI is InChI=1S/C15H22N2O5S/c1-10(2)14(15(19)16-9-13(18)22-4)17-23(20,21)12-7-5-11(3)6-8-12/h5-8,10,14,17H,9H2,1-4H3,(H,16,19)/t14-/m0/s1. The lowest BCUT2D eigenvalue weighted by Gasteiger charge is -2.21. The monoisotopic (exact) mass is 342 g/mol. The fourth-order valence-electron chi connectivity index (χ4n) is 1.79. The molecule has 2 N–H and O–H groups in total. The molecule has 1 aromatic carbocycles. The van der Waals surface area contributed by atoms with Crippen LogP contribution in [0.3, 0.4) is 0 Å². The molecule has 0 radical (unpaired) electrons. The first-order valence-electron chi connectivity index (χ1n) is 7.11. The van der Waals surface area contributed by atoms with Gasteiger partial charge in [-0.05, 0) is 25.0 Å². The average molecular weight is 342 g/mol.